The summed E-state index contributed by atoms with van der Waals surface area (Å²) in [6, 6.07) is 12.0. The number of non-ortho nitro benzene ring substituents is 1. The molecule has 0 unspecified atom stereocenters. The van der Waals surface area contributed by atoms with Crippen molar-refractivity contribution in [3.05, 3.63) is 111 Å². The molecule has 12 heteroatoms. The summed E-state index contributed by atoms with van der Waals surface area (Å²) in [6.07, 6.45) is 0.752. The van der Waals surface area contributed by atoms with Crippen molar-refractivity contribution in [1.82, 2.24) is 9.29 Å². The third kappa shape index (κ3) is 5.65. The van der Waals surface area contributed by atoms with Gasteiger partial charge in [0.05, 0.1) is 15.4 Å². The Bertz CT molecular complexity index is 1520. The lowest BCUT2D eigenvalue weighted by Crippen LogP contribution is -2.41. The summed E-state index contributed by atoms with van der Waals surface area (Å²) in [5, 5.41) is 10.9. The number of hydrogen-bond acceptors (Lipinski definition) is 6. The van der Waals surface area contributed by atoms with E-state index >= 15 is 0 Å². The number of nitro benzene ring substituents is 1. The Morgan fingerprint density at radius 3 is 2.11 bits per heavy atom. The molecule has 0 atom stereocenters. The summed E-state index contributed by atoms with van der Waals surface area (Å²) >= 11 is 0. The van der Waals surface area contributed by atoms with Crippen LogP contribution in [0.25, 0.3) is 12.2 Å². The lowest BCUT2D eigenvalue weighted by Gasteiger charge is -2.29. The number of ketones is 1. The summed E-state index contributed by atoms with van der Waals surface area (Å²) in [5.74, 6) is -0.594. The molecule has 3 aromatic rings. The molecule has 0 radical (unpaired) electrons. The van der Waals surface area contributed by atoms with Crippen LogP contribution in [-0.2, 0) is 21.0 Å². The number of benzene rings is 2. The van der Waals surface area contributed by atoms with Gasteiger partial charge in [-0.2, -0.15) is 17.5 Å². The SMILES string of the molecule is O=C1/C(=C/c2ccncc2)CN(S(=O)(=O)c2ccc([N+](=O)[O-])cc2)C/C1=C\c1ccccc1C(F)(F)F. The van der Waals surface area contributed by atoms with Crippen LogP contribution in [0.4, 0.5) is 18.9 Å². The molecule has 8 nitrogen and oxygen atoms in total. The Morgan fingerprint density at radius 2 is 1.51 bits per heavy atom. The fourth-order valence-electron chi connectivity index (χ4n) is 3.80. The molecule has 1 fully saturated rings. The molecule has 2 aromatic carbocycles. The first-order chi connectivity index (χ1) is 17.5. The topological polar surface area (TPSA) is 110 Å². The van der Waals surface area contributed by atoms with Gasteiger partial charge in [-0.25, -0.2) is 8.42 Å². The van der Waals surface area contributed by atoms with E-state index in [-0.39, 0.29) is 33.8 Å². The van der Waals surface area contributed by atoms with Crippen LogP contribution in [0.15, 0.2) is 89.1 Å². The molecular weight excluding hydrogens is 511 g/mol. The molecule has 0 aliphatic carbocycles. The lowest BCUT2D eigenvalue weighted by atomic mass is 9.94. The Morgan fingerprint density at radius 1 is 0.919 bits per heavy atom. The number of halogens is 3. The molecule has 0 spiro atoms. The Hall–Kier alpha value is -4.16. The number of carbonyl (C=O) groups is 1. The zero-order valence-electron chi connectivity index (χ0n) is 18.9. The van der Waals surface area contributed by atoms with E-state index in [0.29, 0.717) is 5.56 Å². The third-order valence-electron chi connectivity index (χ3n) is 5.60. The van der Waals surface area contributed by atoms with Gasteiger partial charge in [0.25, 0.3) is 5.69 Å². The zero-order chi connectivity index (χ0) is 26.8. The van der Waals surface area contributed by atoms with E-state index < -0.39 is 39.0 Å². The van der Waals surface area contributed by atoms with Gasteiger partial charge in [-0.1, -0.05) is 18.2 Å². The summed E-state index contributed by atoms with van der Waals surface area (Å²) in [6.45, 7) is -0.837. The molecule has 1 saturated heterocycles. The number of carbonyl (C=O) groups excluding carboxylic acids is 1. The number of nitrogens with zero attached hydrogens (tertiary/aromatic N) is 3. The van der Waals surface area contributed by atoms with Gasteiger partial charge in [0.1, 0.15) is 0 Å². The van der Waals surface area contributed by atoms with E-state index in [0.717, 1.165) is 40.7 Å². The molecule has 0 N–H and O–H groups in total. The van der Waals surface area contributed by atoms with Crippen molar-refractivity contribution in [3.8, 4) is 0 Å². The highest BCUT2D eigenvalue weighted by molar-refractivity contribution is 7.89. The van der Waals surface area contributed by atoms with Crippen molar-refractivity contribution in [1.29, 1.82) is 0 Å². The minimum atomic E-state index is -4.69. The number of sulfonamides is 1. The van der Waals surface area contributed by atoms with E-state index in [1.165, 1.54) is 36.7 Å². The van der Waals surface area contributed by atoms with Crippen LogP contribution in [0.1, 0.15) is 16.7 Å². The van der Waals surface area contributed by atoms with Crippen LogP contribution < -0.4 is 0 Å². The van der Waals surface area contributed by atoms with Gasteiger partial charge >= 0.3 is 6.18 Å². The molecule has 1 aliphatic heterocycles. The van der Waals surface area contributed by atoms with Crippen molar-refractivity contribution < 1.29 is 31.3 Å². The maximum atomic E-state index is 13.6. The van der Waals surface area contributed by atoms with E-state index in [9.17, 15) is 36.5 Å². The number of hydrogen-bond donors (Lipinski definition) is 0. The molecule has 190 valence electrons. The molecule has 1 aliphatic rings. The largest absolute Gasteiger partial charge is 0.416 e. The van der Waals surface area contributed by atoms with Crippen molar-refractivity contribution in [2.24, 2.45) is 0 Å². The molecule has 0 amide bonds. The number of Topliss-reactive ketones (excluding diaryl/α,β-unsaturated/α-hetero) is 1. The number of alkyl halides is 3. The van der Waals surface area contributed by atoms with Crippen LogP contribution in [-0.4, -0.2) is 41.5 Å². The smallest absolute Gasteiger partial charge is 0.289 e. The van der Waals surface area contributed by atoms with Crippen molar-refractivity contribution in [2.45, 2.75) is 11.1 Å². The Labute approximate surface area is 209 Å². The number of rotatable bonds is 5. The van der Waals surface area contributed by atoms with Gasteiger partial charge in [-0.05, 0) is 53.6 Å². The summed E-state index contributed by atoms with van der Waals surface area (Å²) in [7, 11) is -4.27. The van der Waals surface area contributed by atoms with Gasteiger partial charge in [-0.15, -0.1) is 0 Å². The number of aromatic nitrogens is 1. The van der Waals surface area contributed by atoms with Gasteiger partial charge in [0.2, 0.25) is 10.0 Å². The molecule has 2 heterocycles. The van der Waals surface area contributed by atoms with Crippen molar-refractivity contribution >= 4 is 33.6 Å². The monoisotopic (exact) mass is 529 g/mol. The summed E-state index contributed by atoms with van der Waals surface area (Å²) < 4.78 is 68.4. The van der Waals surface area contributed by atoms with Gasteiger partial charge in [0, 0.05) is 48.8 Å². The predicted octanol–water partition coefficient (Wildman–Crippen LogP) is 4.75. The highest BCUT2D eigenvalue weighted by atomic mass is 32.2. The highest BCUT2D eigenvalue weighted by Crippen LogP contribution is 2.34. The minimum absolute atomic E-state index is 0.0404. The Kier molecular flexibility index (Phi) is 7.05. The first-order valence-corrected chi connectivity index (χ1v) is 12.2. The van der Waals surface area contributed by atoms with Crippen molar-refractivity contribution in [3.63, 3.8) is 0 Å². The Balaban J connectivity index is 1.81. The minimum Gasteiger partial charge on any atom is -0.289 e. The predicted molar refractivity (Wildman–Crippen MR) is 128 cm³/mol. The first-order valence-electron chi connectivity index (χ1n) is 10.7. The number of piperidine rings is 1. The van der Waals surface area contributed by atoms with Crippen molar-refractivity contribution in [2.75, 3.05) is 13.1 Å². The van der Waals surface area contributed by atoms with E-state index in [2.05, 4.69) is 4.98 Å². The molecule has 0 bridgehead atoms. The van der Waals surface area contributed by atoms with Crippen LogP contribution in [0.3, 0.4) is 0 Å². The molecule has 4 rings (SSSR count). The fourth-order valence-corrected chi connectivity index (χ4v) is 5.19. The molecule has 1 aromatic heterocycles. The maximum absolute atomic E-state index is 13.6. The number of nitro groups is 1. The normalized spacial score (nSPS) is 17.3. The molecule has 0 saturated carbocycles. The molecule has 37 heavy (non-hydrogen) atoms. The average Bonchev–Trinajstić information content (AvgIpc) is 2.86. The lowest BCUT2D eigenvalue weighted by molar-refractivity contribution is -0.384. The average molecular weight is 529 g/mol. The van der Waals surface area contributed by atoms with E-state index in [1.807, 2.05) is 0 Å². The standard InChI is InChI=1S/C25H18F3N3O5S/c26-25(27,28)23-4-2-1-3-18(23)14-20-16-30(15-19(24(20)32)13-17-9-11-29-12-10-17)37(35,36)22-7-5-21(6-8-22)31(33)34/h1-14H,15-16H2/b19-13+,20-14+. The second-order valence-electron chi connectivity index (χ2n) is 8.06. The maximum Gasteiger partial charge on any atom is 0.416 e. The van der Waals surface area contributed by atoms with Crippen LogP contribution >= 0.6 is 0 Å². The van der Waals surface area contributed by atoms with Crippen LogP contribution in [0.2, 0.25) is 0 Å². The van der Waals surface area contributed by atoms with E-state index in [1.54, 1.807) is 12.1 Å². The third-order valence-corrected chi connectivity index (χ3v) is 7.41. The second-order valence-corrected chi connectivity index (χ2v) is 10.00. The number of pyridine rings is 1. The highest BCUT2D eigenvalue weighted by Gasteiger charge is 2.36. The van der Waals surface area contributed by atoms with E-state index in [4.69, 9.17) is 0 Å². The summed E-state index contributed by atoms with van der Waals surface area (Å²) in [4.78, 5) is 27.2. The van der Waals surface area contributed by atoms with Crippen LogP contribution in [0, 0.1) is 10.1 Å². The van der Waals surface area contributed by atoms with Crippen LogP contribution in [0.5, 0.6) is 0 Å². The zero-order valence-corrected chi connectivity index (χ0v) is 19.7. The quantitative estimate of drug-likeness (QED) is 0.268. The fraction of sp³-hybridized carbons (Fsp3) is 0.120. The second kappa shape index (κ2) is 10.1. The van der Waals surface area contributed by atoms with Gasteiger partial charge in [0.15, 0.2) is 5.78 Å². The molecular formula is C25H18F3N3O5S. The van der Waals surface area contributed by atoms with Gasteiger partial charge in [-0.3, -0.25) is 19.9 Å². The first kappa shape index (κ1) is 25.9. The summed E-state index contributed by atoms with van der Waals surface area (Å²) in [5.41, 5.74) is -1.13. The van der Waals surface area contributed by atoms with Gasteiger partial charge < -0.3 is 0 Å².